The Morgan fingerprint density at radius 2 is 1.89 bits per heavy atom. The van der Waals surface area contributed by atoms with E-state index in [1.165, 1.54) is 6.07 Å². The first-order valence-corrected chi connectivity index (χ1v) is 6.28. The zero-order valence-electron chi connectivity index (χ0n) is 10.8. The summed E-state index contributed by atoms with van der Waals surface area (Å²) >= 11 is 5.70. The summed E-state index contributed by atoms with van der Waals surface area (Å²) in [6.07, 6.45) is 0. The molecule has 2 aromatic carbocycles. The van der Waals surface area contributed by atoms with Gasteiger partial charge in [0.25, 0.3) is 0 Å². The van der Waals surface area contributed by atoms with Gasteiger partial charge in [0.15, 0.2) is 0 Å². The third-order valence-corrected chi connectivity index (χ3v) is 3.20. The van der Waals surface area contributed by atoms with Gasteiger partial charge in [0.05, 0.1) is 0 Å². The van der Waals surface area contributed by atoms with E-state index in [9.17, 15) is 4.39 Å². The molecule has 0 aliphatic rings. The molecule has 0 saturated carbocycles. The molecule has 0 spiro atoms. The third-order valence-electron chi connectivity index (χ3n) is 2.96. The standard InChI is InChI=1S/C15H15ClFNO/c1-9-6-15(10(2)5-14(9)18)19-8-11-3-4-12(16)7-13(11)17/h3-7H,8,18H2,1-2H3. The van der Waals surface area contributed by atoms with Crippen LogP contribution in [0.15, 0.2) is 30.3 Å². The third kappa shape index (κ3) is 3.18. The topological polar surface area (TPSA) is 35.2 Å². The van der Waals surface area contributed by atoms with Crippen molar-refractivity contribution in [3.8, 4) is 5.75 Å². The number of nitrogens with two attached hydrogens (primary N) is 1. The lowest BCUT2D eigenvalue weighted by molar-refractivity contribution is 0.297. The quantitative estimate of drug-likeness (QED) is 0.852. The first kappa shape index (κ1) is 13.7. The van der Waals surface area contributed by atoms with E-state index in [1.54, 1.807) is 12.1 Å². The van der Waals surface area contributed by atoms with E-state index < -0.39 is 0 Å². The summed E-state index contributed by atoms with van der Waals surface area (Å²) in [6, 6.07) is 8.25. The smallest absolute Gasteiger partial charge is 0.131 e. The van der Waals surface area contributed by atoms with Crippen LogP contribution in [0.4, 0.5) is 10.1 Å². The summed E-state index contributed by atoms with van der Waals surface area (Å²) in [5.41, 5.74) is 8.87. The number of ether oxygens (including phenoxy) is 1. The van der Waals surface area contributed by atoms with E-state index in [2.05, 4.69) is 0 Å². The molecule has 0 bridgehead atoms. The van der Waals surface area contributed by atoms with Gasteiger partial charge in [-0.15, -0.1) is 0 Å². The summed E-state index contributed by atoms with van der Waals surface area (Å²) < 4.78 is 19.3. The molecule has 0 aromatic heterocycles. The zero-order chi connectivity index (χ0) is 14.0. The van der Waals surface area contributed by atoms with Crippen LogP contribution in [0.5, 0.6) is 5.75 Å². The van der Waals surface area contributed by atoms with Gasteiger partial charge in [-0.3, -0.25) is 0 Å². The Kier molecular flexibility index (Phi) is 3.96. The molecule has 0 aliphatic heterocycles. The van der Waals surface area contributed by atoms with Crippen LogP contribution in [-0.4, -0.2) is 0 Å². The van der Waals surface area contributed by atoms with Crippen LogP contribution in [0.2, 0.25) is 5.02 Å². The number of nitrogen functional groups attached to an aromatic ring is 1. The molecule has 0 radical (unpaired) electrons. The Balaban J connectivity index is 2.16. The molecule has 0 aliphatic carbocycles. The van der Waals surface area contributed by atoms with Crippen LogP contribution in [-0.2, 0) is 6.61 Å². The molecule has 0 heterocycles. The van der Waals surface area contributed by atoms with Crippen molar-refractivity contribution in [1.82, 2.24) is 0 Å². The largest absolute Gasteiger partial charge is 0.489 e. The van der Waals surface area contributed by atoms with Crippen LogP contribution in [0.1, 0.15) is 16.7 Å². The van der Waals surface area contributed by atoms with Gasteiger partial charge in [-0.05, 0) is 49.2 Å². The average Bonchev–Trinajstić information content (AvgIpc) is 2.34. The van der Waals surface area contributed by atoms with E-state index >= 15 is 0 Å². The summed E-state index contributed by atoms with van der Waals surface area (Å²) in [4.78, 5) is 0. The fourth-order valence-electron chi connectivity index (χ4n) is 1.76. The van der Waals surface area contributed by atoms with Gasteiger partial charge >= 0.3 is 0 Å². The average molecular weight is 280 g/mol. The van der Waals surface area contributed by atoms with Gasteiger partial charge in [0, 0.05) is 16.3 Å². The van der Waals surface area contributed by atoms with Crippen LogP contribution >= 0.6 is 11.6 Å². The van der Waals surface area contributed by atoms with E-state index in [4.69, 9.17) is 22.1 Å². The van der Waals surface area contributed by atoms with Crippen LogP contribution in [0.3, 0.4) is 0 Å². The highest BCUT2D eigenvalue weighted by molar-refractivity contribution is 6.30. The van der Waals surface area contributed by atoms with E-state index in [0.717, 1.165) is 16.8 Å². The van der Waals surface area contributed by atoms with Crippen molar-refractivity contribution in [1.29, 1.82) is 0 Å². The number of hydrogen-bond donors (Lipinski definition) is 1. The molecule has 4 heteroatoms. The first-order valence-electron chi connectivity index (χ1n) is 5.91. The van der Waals surface area contributed by atoms with E-state index in [1.807, 2.05) is 26.0 Å². The van der Waals surface area contributed by atoms with Crippen molar-refractivity contribution >= 4 is 17.3 Å². The number of rotatable bonds is 3. The number of benzene rings is 2. The summed E-state index contributed by atoms with van der Waals surface area (Å²) in [5.74, 6) is 0.346. The molecule has 2 aromatic rings. The van der Waals surface area contributed by atoms with Gasteiger partial charge in [-0.25, -0.2) is 4.39 Å². The molecule has 0 atom stereocenters. The molecule has 2 N–H and O–H groups in total. The Hall–Kier alpha value is -1.74. The lowest BCUT2D eigenvalue weighted by Gasteiger charge is -2.12. The molecular formula is C15H15ClFNO. The molecule has 0 amide bonds. The molecule has 2 rings (SSSR count). The lowest BCUT2D eigenvalue weighted by Crippen LogP contribution is -2.01. The number of anilines is 1. The molecule has 19 heavy (non-hydrogen) atoms. The molecule has 100 valence electrons. The van der Waals surface area contributed by atoms with Crippen molar-refractivity contribution in [2.75, 3.05) is 5.73 Å². The molecule has 0 fully saturated rings. The predicted octanol–water partition coefficient (Wildman–Crippen LogP) is 4.26. The highest BCUT2D eigenvalue weighted by Gasteiger charge is 2.07. The Morgan fingerprint density at radius 3 is 2.58 bits per heavy atom. The summed E-state index contributed by atoms with van der Waals surface area (Å²) in [5, 5.41) is 0.376. The van der Waals surface area contributed by atoms with Gasteiger partial charge in [-0.1, -0.05) is 17.7 Å². The zero-order valence-corrected chi connectivity index (χ0v) is 11.6. The minimum Gasteiger partial charge on any atom is -0.489 e. The molecular weight excluding hydrogens is 265 g/mol. The Labute approximate surface area is 117 Å². The SMILES string of the molecule is Cc1cc(OCc2ccc(Cl)cc2F)c(C)cc1N. The Morgan fingerprint density at radius 1 is 1.16 bits per heavy atom. The van der Waals surface area contributed by atoms with Gasteiger partial charge < -0.3 is 10.5 Å². The highest BCUT2D eigenvalue weighted by atomic mass is 35.5. The minimum absolute atomic E-state index is 0.160. The van der Waals surface area contributed by atoms with Gasteiger partial charge in [0.1, 0.15) is 18.2 Å². The van der Waals surface area contributed by atoms with Gasteiger partial charge in [0.2, 0.25) is 0 Å². The maximum atomic E-state index is 13.6. The maximum Gasteiger partial charge on any atom is 0.131 e. The second kappa shape index (κ2) is 5.49. The monoisotopic (exact) mass is 279 g/mol. The second-order valence-electron chi connectivity index (χ2n) is 4.50. The minimum atomic E-state index is -0.364. The second-order valence-corrected chi connectivity index (χ2v) is 4.94. The number of hydrogen-bond acceptors (Lipinski definition) is 2. The fraction of sp³-hybridized carbons (Fsp3) is 0.200. The van der Waals surface area contributed by atoms with E-state index in [-0.39, 0.29) is 12.4 Å². The molecule has 0 unspecified atom stereocenters. The van der Waals surface area contributed by atoms with Gasteiger partial charge in [-0.2, -0.15) is 0 Å². The van der Waals surface area contributed by atoms with Crippen LogP contribution in [0.25, 0.3) is 0 Å². The molecule has 0 saturated heterocycles. The Bertz CT molecular complexity index is 613. The van der Waals surface area contributed by atoms with Crippen LogP contribution < -0.4 is 10.5 Å². The maximum absolute atomic E-state index is 13.6. The fourth-order valence-corrected chi connectivity index (χ4v) is 1.92. The summed E-state index contributed by atoms with van der Waals surface area (Å²) in [7, 11) is 0. The van der Waals surface area contributed by atoms with Crippen molar-refractivity contribution in [2.45, 2.75) is 20.5 Å². The highest BCUT2D eigenvalue weighted by Crippen LogP contribution is 2.25. The van der Waals surface area contributed by atoms with Crippen molar-refractivity contribution in [3.05, 3.63) is 57.9 Å². The van der Waals surface area contributed by atoms with Crippen molar-refractivity contribution < 1.29 is 9.13 Å². The van der Waals surface area contributed by atoms with E-state index in [0.29, 0.717) is 16.3 Å². The predicted molar refractivity (Wildman–Crippen MR) is 76.1 cm³/mol. The first-order chi connectivity index (χ1) is 8.97. The number of aryl methyl sites for hydroxylation is 2. The van der Waals surface area contributed by atoms with Crippen molar-refractivity contribution in [3.63, 3.8) is 0 Å². The normalized spacial score (nSPS) is 10.5. The molecule has 2 nitrogen and oxygen atoms in total. The summed E-state index contributed by atoms with van der Waals surface area (Å²) in [6.45, 7) is 3.97. The number of halogens is 2. The van der Waals surface area contributed by atoms with Crippen molar-refractivity contribution in [2.24, 2.45) is 0 Å². The lowest BCUT2D eigenvalue weighted by atomic mass is 10.1. The van der Waals surface area contributed by atoms with Crippen LogP contribution in [0, 0.1) is 19.7 Å².